The van der Waals surface area contributed by atoms with E-state index in [0.717, 1.165) is 5.56 Å². The first-order valence-electron chi connectivity index (χ1n) is 9.48. The van der Waals surface area contributed by atoms with Crippen LogP contribution in [0.25, 0.3) is 0 Å². The lowest BCUT2D eigenvalue weighted by atomic mass is 9.83. The van der Waals surface area contributed by atoms with Crippen LogP contribution in [0.3, 0.4) is 0 Å². The maximum absolute atomic E-state index is 12.6. The zero-order valence-electron chi connectivity index (χ0n) is 16.8. The summed E-state index contributed by atoms with van der Waals surface area (Å²) in [5, 5.41) is 20.6. The predicted octanol–water partition coefficient (Wildman–Crippen LogP) is 5.14. The van der Waals surface area contributed by atoms with Gasteiger partial charge in [0.25, 0.3) is 0 Å². The number of aliphatic carboxylic acids is 1. The van der Waals surface area contributed by atoms with Crippen LogP contribution in [0.5, 0.6) is 5.75 Å². The topological polar surface area (TPSA) is 69.9 Å². The van der Waals surface area contributed by atoms with Crippen LogP contribution >= 0.6 is 0 Å². The van der Waals surface area contributed by atoms with Crippen LogP contribution in [0.2, 0.25) is 0 Å². The predicted molar refractivity (Wildman–Crippen MR) is 116 cm³/mol. The van der Waals surface area contributed by atoms with Crippen molar-refractivity contribution in [1.82, 2.24) is 0 Å². The lowest BCUT2D eigenvalue weighted by Crippen LogP contribution is -2.35. The summed E-state index contributed by atoms with van der Waals surface area (Å²) >= 11 is 0. The van der Waals surface area contributed by atoms with E-state index in [1.807, 2.05) is 24.3 Å². The second kappa shape index (κ2) is 7.92. The Hall–Kier alpha value is -3.40. The van der Waals surface area contributed by atoms with Crippen molar-refractivity contribution in [2.24, 2.45) is 4.99 Å². The fourth-order valence-corrected chi connectivity index (χ4v) is 3.27. The first-order valence-corrected chi connectivity index (χ1v) is 9.48. The van der Waals surface area contributed by atoms with E-state index >= 15 is 0 Å². The molecule has 0 saturated carbocycles. The first kappa shape index (κ1) is 20.3. The number of benzene rings is 3. The van der Waals surface area contributed by atoms with Crippen LogP contribution in [0.1, 0.15) is 43.0 Å². The van der Waals surface area contributed by atoms with E-state index in [0.29, 0.717) is 16.7 Å². The SMILES string of the molecule is CC(C)(C)c1ccc(O)c(C=NC(C(=O)O)(c2ccccc2)c2ccccc2)c1. The van der Waals surface area contributed by atoms with Gasteiger partial charge in [-0.3, -0.25) is 4.99 Å². The van der Waals surface area contributed by atoms with Crippen molar-refractivity contribution in [3.05, 3.63) is 101 Å². The Labute approximate surface area is 171 Å². The molecule has 0 saturated heterocycles. The fourth-order valence-electron chi connectivity index (χ4n) is 3.27. The quantitative estimate of drug-likeness (QED) is 0.596. The van der Waals surface area contributed by atoms with Crippen LogP contribution in [-0.4, -0.2) is 22.4 Å². The van der Waals surface area contributed by atoms with Crippen molar-refractivity contribution in [3.8, 4) is 5.75 Å². The van der Waals surface area contributed by atoms with Crippen LogP contribution in [0.15, 0.2) is 83.9 Å². The smallest absolute Gasteiger partial charge is 0.340 e. The molecule has 3 aromatic carbocycles. The molecule has 3 aromatic rings. The van der Waals surface area contributed by atoms with Crippen molar-refractivity contribution in [2.75, 3.05) is 0 Å². The van der Waals surface area contributed by atoms with Gasteiger partial charge in [-0.05, 0) is 34.2 Å². The molecule has 0 aliphatic carbocycles. The first-order chi connectivity index (χ1) is 13.7. The summed E-state index contributed by atoms with van der Waals surface area (Å²) < 4.78 is 0. The summed E-state index contributed by atoms with van der Waals surface area (Å²) in [6.45, 7) is 6.24. The van der Waals surface area contributed by atoms with E-state index in [1.165, 1.54) is 6.21 Å². The number of nitrogens with zero attached hydrogens (tertiary/aromatic N) is 1. The van der Waals surface area contributed by atoms with Gasteiger partial charge in [0.2, 0.25) is 5.54 Å². The number of carboxylic acid groups (broad SMARTS) is 1. The molecule has 0 bridgehead atoms. The van der Waals surface area contributed by atoms with Crippen LogP contribution in [-0.2, 0) is 15.7 Å². The molecule has 0 fully saturated rings. The van der Waals surface area contributed by atoms with Gasteiger partial charge in [-0.25, -0.2) is 4.79 Å². The summed E-state index contributed by atoms with van der Waals surface area (Å²) in [6, 6.07) is 23.2. The van der Waals surface area contributed by atoms with Gasteiger partial charge in [-0.2, -0.15) is 0 Å². The van der Waals surface area contributed by atoms with Crippen molar-refractivity contribution in [3.63, 3.8) is 0 Å². The summed E-state index contributed by atoms with van der Waals surface area (Å²) in [4.78, 5) is 17.1. The number of carboxylic acids is 1. The number of rotatable bonds is 5. The molecule has 0 aliphatic heterocycles. The molecule has 4 heteroatoms. The maximum atomic E-state index is 12.6. The number of carbonyl (C=O) groups is 1. The minimum atomic E-state index is -1.62. The van der Waals surface area contributed by atoms with Gasteiger partial charge in [-0.1, -0.05) is 87.5 Å². The molecule has 0 radical (unpaired) electrons. The molecule has 148 valence electrons. The molecule has 4 nitrogen and oxygen atoms in total. The minimum absolute atomic E-state index is 0.0576. The number of aromatic hydroxyl groups is 1. The third-order valence-corrected chi connectivity index (χ3v) is 4.98. The third kappa shape index (κ3) is 4.06. The Balaban J connectivity index is 2.20. The fraction of sp³-hybridized carbons (Fsp3) is 0.200. The van der Waals surface area contributed by atoms with Crippen LogP contribution < -0.4 is 0 Å². The van der Waals surface area contributed by atoms with E-state index < -0.39 is 11.5 Å². The second-order valence-corrected chi connectivity index (χ2v) is 8.03. The molecule has 3 rings (SSSR count). The molecular formula is C25H25NO3. The van der Waals surface area contributed by atoms with Crippen molar-refractivity contribution in [2.45, 2.75) is 31.7 Å². The number of hydrogen-bond donors (Lipinski definition) is 2. The van der Waals surface area contributed by atoms with Gasteiger partial charge in [-0.15, -0.1) is 0 Å². The standard InChI is InChI=1S/C25H25NO3/c1-24(2,3)21-14-15-22(27)18(16-21)17-26-25(23(28)29,19-10-6-4-7-11-19)20-12-8-5-9-13-20/h4-17,27H,1-3H3,(H,28,29). The largest absolute Gasteiger partial charge is 0.507 e. The van der Waals surface area contributed by atoms with E-state index in [2.05, 4.69) is 25.8 Å². The van der Waals surface area contributed by atoms with Gasteiger partial charge in [0.05, 0.1) is 0 Å². The van der Waals surface area contributed by atoms with Crippen LogP contribution in [0.4, 0.5) is 0 Å². The monoisotopic (exact) mass is 387 g/mol. The average molecular weight is 387 g/mol. The lowest BCUT2D eigenvalue weighted by Gasteiger charge is -2.26. The molecular weight excluding hydrogens is 362 g/mol. The van der Waals surface area contributed by atoms with Gasteiger partial charge in [0, 0.05) is 11.8 Å². The van der Waals surface area contributed by atoms with Gasteiger partial charge in [0.1, 0.15) is 5.75 Å². The zero-order chi connectivity index (χ0) is 21.1. The summed E-state index contributed by atoms with van der Waals surface area (Å²) in [6.07, 6.45) is 1.46. The number of phenols is 1. The van der Waals surface area contributed by atoms with Crippen molar-refractivity contribution < 1.29 is 15.0 Å². The van der Waals surface area contributed by atoms with Crippen molar-refractivity contribution >= 4 is 12.2 Å². The molecule has 0 amide bonds. The van der Waals surface area contributed by atoms with Crippen molar-refractivity contribution in [1.29, 1.82) is 0 Å². The van der Waals surface area contributed by atoms with Gasteiger partial charge >= 0.3 is 5.97 Å². The summed E-state index contributed by atoms with van der Waals surface area (Å²) in [5.74, 6) is -1.03. The van der Waals surface area contributed by atoms with Crippen LogP contribution in [0, 0.1) is 0 Å². The third-order valence-electron chi connectivity index (χ3n) is 4.98. The number of hydrogen-bond acceptors (Lipinski definition) is 3. The molecule has 0 heterocycles. The molecule has 0 unspecified atom stereocenters. The average Bonchev–Trinajstić information content (AvgIpc) is 2.70. The molecule has 0 aliphatic rings. The summed E-state index contributed by atoms with van der Waals surface area (Å²) in [7, 11) is 0. The molecule has 29 heavy (non-hydrogen) atoms. The Kier molecular flexibility index (Phi) is 5.55. The Morgan fingerprint density at radius 3 is 1.79 bits per heavy atom. The molecule has 0 aromatic heterocycles. The van der Waals surface area contributed by atoms with E-state index in [1.54, 1.807) is 54.6 Å². The highest BCUT2D eigenvalue weighted by molar-refractivity contribution is 5.91. The minimum Gasteiger partial charge on any atom is -0.507 e. The number of aliphatic imine (C=N–C) groups is 1. The van der Waals surface area contributed by atoms with E-state index in [4.69, 9.17) is 0 Å². The number of phenolic OH excluding ortho intramolecular Hbond substituents is 1. The van der Waals surface area contributed by atoms with Gasteiger partial charge < -0.3 is 10.2 Å². The van der Waals surface area contributed by atoms with Gasteiger partial charge in [0.15, 0.2) is 0 Å². The molecule has 2 N–H and O–H groups in total. The Bertz CT molecular complexity index is 979. The zero-order valence-corrected chi connectivity index (χ0v) is 16.8. The summed E-state index contributed by atoms with van der Waals surface area (Å²) in [5.41, 5.74) is 0.862. The van der Waals surface area contributed by atoms with E-state index in [-0.39, 0.29) is 11.2 Å². The Morgan fingerprint density at radius 2 is 1.34 bits per heavy atom. The highest BCUT2D eigenvalue weighted by atomic mass is 16.4. The molecule has 0 atom stereocenters. The van der Waals surface area contributed by atoms with E-state index in [9.17, 15) is 15.0 Å². The highest BCUT2D eigenvalue weighted by Gasteiger charge is 2.41. The lowest BCUT2D eigenvalue weighted by molar-refractivity contribution is -0.141. The normalized spacial score (nSPS) is 12.2. The maximum Gasteiger partial charge on any atom is 0.340 e. The molecule has 0 spiro atoms. The Morgan fingerprint density at radius 1 is 0.828 bits per heavy atom. The second-order valence-electron chi connectivity index (χ2n) is 8.03. The highest BCUT2D eigenvalue weighted by Crippen LogP contribution is 2.35.